The molecule has 4 nitrogen and oxygen atoms in total. The van der Waals surface area contributed by atoms with Crippen molar-refractivity contribution in [3.8, 4) is 0 Å². The lowest BCUT2D eigenvalue weighted by Crippen LogP contribution is -2.43. The molecule has 1 heterocycles. The summed E-state index contributed by atoms with van der Waals surface area (Å²) < 4.78 is 0. The number of pyridine rings is 1. The molecule has 2 N–H and O–H groups in total. The lowest BCUT2D eigenvalue weighted by Gasteiger charge is -2.34. The summed E-state index contributed by atoms with van der Waals surface area (Å²) in [6, 6.07) is 9.00. The predicted octanol–water partition coefficient (Wildman–Crippen LogP) is 3.08. The fraction of sp³-hybridized carbons (Fsp3) is 0.444. The van der Waals surface area contributed by atoms with Gasteiger partial charge in [-0.3, -0.25) is 9.59 Å². The smallest absolute Gasteiger partial charge is 0.252 e. The predicted molar refractivity (Wildman–Crippen MR) is 88.0 cm³/mol. The van der Waals surface area contributed by atoms with Gasteiger partial charge in [-0.05, 0) is 24.3 Å². The van der Waals surface area contributed by atoms with Crippen LogP contribution in [0, 0.1) is 11.8 Å². The number of para-hydroxylation sites is 1. The lowest BCUT2D eigenvalue weighted by atomic mass is 9.78. The van der Waals surface area contributed by atoms with Crippen LogP contribution in [0.25, 0.3) is 10.9 Å². The van der Waals surface area contributed by atoms with E-state index in [9.17, 15) is 9.59 Å². The molecule has 116 valence electrons. The van der Waals surface area contributed by atoms with E-state index >= 15 is 0 Å². The molecule has 3 rings (SSSR count). The van der Waals surface area contributed by atoms with Gasteiger partial charge in [0.1, 0.15) is 0 Å². The number of fused-ring (bicyclic) bond motifs is 1. The molecule has 1 amide bonds. The van der Waals surface area contributed by atoms with Crippen molar-refractivity contribution in [3.63, 3.8) is 0 Å². The quantitative estimate of drug-likeness (QED) is 0.895. The number of rotatable bonds is 2. The number of carbonyl (C=O) groups is 1. The van der Waals surface area contributed by atoms with Gasteiger partial charge in [0, 0.05) is 23.0 Å². The monoisotopic (exact) mass is 298 g/mol. The highest BCUT2D eigenvalue weighted by molar-refractivity contribution is 6.06. The summed E-state index contributed by atoms with van der Waals surface area (Å²) in [7, 11) is 0. The summed E-state index contributed by atoms with van der Waals surface area (Å²) in [5.41, 5.74) is 0.920. The second kappa shape index (κ2) is 5.95. The Bertz CT molecular complexity index is 750. The van der Waals surface area contributed by atoms with Crippen molar-refractivity contribution in [2.45, 2.75) is 39.2 Å². The van der Waals surface area contributed by atoms with Crippen LogP contribution < -0.4 is 10.9 Å². The minimum absolute atomic E-state index is 0.145. The van der Waals surface area contributed by atoms with Crippen LogP contribution in [-0.2, 0) is 0 Å². The minimum Gasteiger partial charge on any atom is -0.349 e. The van der Waals surface area contributed by atoms with E-state index in [2.05, 4.69) is 24.1 Å². The third-order valence-corrected chi connectivity index (χ3v) is 5.02. The minimum atomic E-state index is -0.242. The number of nitrogens with one attached hydrogen (secondary N) is 2. The molecule has 3 atom stereocenters. The molecule has 1 saturated carbocycles. The molecule has 1 fully saturated rings. The molecule has 0 unspecified atom stereocenters. The fourth-order valence-corrected chi connectivity index (χ4v) is 3.42. The average molecular weight is 298 g/mol. The Morgan fingerprint density at radius 1 is 1.23 bits per heavy atom. The third kappa shape index (κ3) is 2.78. The van der Waals surface area contributed by atoms with Crippen molar-refractivity contribution < 1.29 is 4.79 Å². The Labute approximate surface area is 129 Å². The van der Waals surface area contributed by atoms with E-state index in [0.29, 0.717) is 22.9 Å². The lowest BCUT2D eigenvalue weighted by molar-refractivity contribution is 0.0892. The maximum Gasteiger partial charge on any atom is 0.252 e. The van der Waals surface area contributed by atoms with Gasteiger partial charge >= 0.3 is 0 Å². The van der Waals surface area contributed by atoms with E-state index in [0.717, 1.165) is 18.2 Å². The Hall–Kier alpha value is -2.10. The number of carbonyl (C=O) groups excluding carboxylic acids is 1. The van der Waals surface area contributed by atoms with Gasteiger partial charge in [0.2, 0.25) is 5.56 Å². The van der Waals surface area contributed by atoms with E-state index in [1.165, 1.54) is 12.5 Å². The highest BCUT2D eigenvalue weighted by Gasteiger charge is 2.28. The van der Waals surface area contributed by atoms with Crippen molar-refractivity contribution in [1.29, 1.82) is 0 Å². The van der Waals surface area contributed by atoms with Gasteiger partial charge < -0.3 is 10.3 Å². The van der Waals surface area contributed by atoms with Crippen LogP contribution in [0.15, 0.2) is 35.1 Å². The van der Waals surface area contributed by atoms with Gasteiger partial charge in [0.15, 0.2) is 0 Å². The maximum atomic E-state index is 12.7. The molecule has 4 heteroatoms. The Kier molecular flexibility index (Phi) is 4.01. The third-order valence-electron chi connectivity index (χ3n) is 5.02. The summed E-state index contributed by atoms with van der Waals surface area (Å²) in [6.45, 7) is 4.44. The molecule has 0 spiro atoms. The second-order valence-corrected chi connectivity index (χ2v) is 6.44. The van der Waals surface area contributed by atoms with Gasteiger partial charge in [0.25, 0.3) is 5.91 Å². The topological polar surface area (TPSA) is 62.0 Å². The number of amides is 1. The molecule has 0 bridgehead atoms. The molecule has 22 heavy (non-hydrogen) atoms. The van der Waals surface area contributed by atoms with Gasteiger partial charge in [-0.25, -0.2) is 0 Å². The van der Waals surface area contributed by atoms with Gasteiger partial charge in [-0.2, -0.15) is 0 Å². The maximum absolute atomic E-state index is 12.7. The van der Waals surface area contributed by atoms with Crippen LogP contribution in [0.3, 0.4) is 0 Å². The zero-order valence-electron chi connectivity index (χ0n) is 13.1. The Balaban J connectivity index is 1.91. The van der Waals surface area contributed by atoms with Crippen LogP contribution in [0.2, 0.25) is 0 Å². The number of hydrogen-bond acceptors (Lipinski definition) is 2. The van der Waals surface area contributed by atoms with Crippen molar-refractivity contribution in [3.05, 3.63) is 46.2 Å². The number of hydrogen-bond donors (Lipinski definition) is 2. The van der Waals surface area contributed by atoms with Crippen molar-refractivity contribution in [2.24, 2.45) is 11.8 Å². The van der Waals surface area contributed by atoms with Crippen LogP contribution >= 0.6 is 0 Å². The van der Waals surface area contributed by atoms with Crippen LogP contribution in [0.4, 0.5) is 0 Å². The van der Waals surface area contributed by atoms with E-state index in [1.807, 2.05) is 24.3 Å². The SMILES string of the molecule is C[C@@H]1[C@@H](C)CCC[C@H]1NC(=O)c1cc(=O)[nH]c2ccccc12. The second-order valence-electron chi connectivity index (χ2n) is 6.44. The van der Waals surface area contributed by atoms with Crippen LogP contribution in [0.5, 0.6) is 0 Å². The van der Waals surface area contributed by atoms with Crippen molar-refractivity contribution >= 4 is 16.8 Å². The fourth-order valence-electron chi connectivity index (χ4n) is 3.42. The van der Waals surface area contributed by atoms with Crippen LogP contribution in [0.1, 0.15) is 43.5 Å². The van der Waals surface area contributed by atoms with E-state index in [4.69, 9.17) is 0 Å². The van der Waals surface area contributed by atoms with Crippen molar-refractivity contribution in [1.82, 2.24) is 10.3 Å². The summed E-state index contributed by atoms with van der Waals surface area (Å²) >= 11 is 0. The summed E-state index contributed by atoms with van der Waals surface area (Å²) in [5, 5.41) is 3.93. The summed E-state index contributed by atoms with van der Waals surface area (Å²) in [6.07, 6.45) is 3.38. The molecule has 1 aromatic heterocycles. The molecule has 1 aliphatic carbocycles. The molecular formula is C18H22N2O2. The number of benzene rings is 1. The Morgan fingerprint density at radius 2 is 2.00 bits per heavy atom. The largest absolute Gasteiger partial charge is 0.349 e. The molecule has 1 aliphatic rings. The summed E-state index contributed by atoms with van der Waals surface area (Å²) in [4.78, 5) is 27.2. The molecule has 0 radical (unpaired) electrons. The van der Waals surface area contributed by atoms with E-state index in [1.54, 1.807) is 0 Å². The highest BCUT2D eigenvalue weighted by atomic mass is 16.2. The van der Waals surface area contributed by atoms with E-state index in [-0.39, 0.29) is 17.5 Å². The van der Waals surface area contributed by atoms with Gasteiger partial charge in [0.05, 0.1) is 5.56 Å². The normalized spacial score (nSPS) is 25.1. The van der Waals surface area contributed by atoms with Gasteiger partial charge in [-0.1, -0.05) is 44.9 Å². The van der Waals surface area contributed by atoms with Crippen molar-refractivity contribution in [2.75, 3.05) is 0 Å². The molecule has 0 aliphatic heterocycles. The zero-order chi connectivity index (χ0) is 15.7. The standard InChI is InChI=1S/C18H22N2O2/c1-11-6-5-9-15(12(11)2)20-18(22)14-10-17(21)19-16-8-4-3-7-13(14)16/h3-4,7-8,10-12,15H,5-6,9H2,1-2H3,(H,19,21)(H,20,22)/t11-,12+,15+/m0/s1. The first-order chi connectivity index (χ1) is 10.6. The number of aromatic nitrogens is 1. The molecular weight excluding hydrogens is 276 g/mol. The average Bonchev–Trinajstić information content (AvgIpc) is 2.51. The molecule has 2 aromatic rings. The first-order valence-electron chi connectivity index (χ1n) is 7.99. The van der Waals surface area contributed by atoms with E-state index < -0.39 is 0 Å². The molecule has 0 saturated heterocycles. The highest BCUT2D eigenvalue weighted by Crippen LogP contribution is 2.29. The zero-order valence-corrected chi connectivity index (χ0v) is 13.1. The Morgan fingerprint density at radius 3 is 2.82 bits per heavy atom. The van der Waals surface area contributed by atoms with Crippen LogP contribution in [-0.4, -0.2) is 16.9 Å². The summed E-state index contributed by atoms with van der Waals surface area (Å²) in [5.74, 6) is 0.939. The number of H-pyrrole nitrogens is 1. The first-order valence-corrected chi connectivity index (χ1v) is 7.99. The number of aromatic amines is 1. The first kappa shape index (κ1) is 14.8. The van der Waals surface area contributed by atoms with Gasteiger partial charge in [-0.15, -0.1) is 0 Å². The molecule has 1 aromatic carbocycles.